The normalized spacial score (nSPS) is 13.2. The van der Waals surface area contributed by atoms with Crippen LogP contribution in [-0.2, 0) is 29.9 Å². The Morgan fingerprint density at radius 3 is 2.83 bits per heavy atom. The molecule has 0 saturated carbocycles. The molecule has 24 heavy (non-hydrogen) atoms. The molecule has 1 aliphatic rings. The average Bonchev–Trinajstić information content (AvgIpc) is 3.06. The van der Waals surface area contributed by atoms with Crippen molar-refractivity contribution in [2.45, 2.75) is 43.0 Å². The van der Waals surface area contributed by atoms with Gasteiger partial charge in [-0.25, -0.2) is 4.79 Å². The Kier molecular flexibility index (Phi) is 5.98. The first-order valence-electron chi connectivity index (χ1n) is 8.18. The molecule has 0 aliphatic heterocycles. The lowest BCUT2D eigenvalue weighted by molar-refractivity contribution is 0.189. The second kappa shape index (κ2) is 8.19. The van der Waals surface area contributed by atoms with Crippen molar-refractivity contribution in [2.24, 2.45) is 0 Å². The molecule has 0 fully saturated rings. The zero-order chi connectivity index (χ0) is 16.9. The molecule has 0 spiro atoms. The first-order chi connectivity index (χ1) is 11.7. The van der Waals surface area contributed by atoms with Gasteiger partial charge in [0.1, 0.15) is 5.03 Å². The largest absolute Gasteiger partial charge is 0.385 e. The molecule has 6 heteroatoms. The van der Waals surface area contributed by atoms with E-state index in [2.05, 4.69) is 4.98 Å². The van der Waals surface area contributed by atoms with Crippen molar-refractivity contribution < 1.29 is 4.74 Å². The Morgan fingerprint density at radius 1 is 1.29 bits per heavy atom. The van der Waals surface area contributed by atoms with Crippen LogP contribution < -0.4 is 5.69 Å². The Hall–Kier alpha value is -1.30. The van der Waals surface area contributed by atoms with Gasteiger partial charge in [-0.2, -0.15) is 4.98 Å². The Balaban J connectivity index is 1.79. The lowest BCUT2D eigenvalue weighted by Crippen LogP contribution is -2.27. The van der Waals surface area contributed by atoms with Gasteiger partial charge in [0, 0.05) is 42.3 Å². The monoisotopic (exact) mass is 364 g/mol. The highest BCUT2D eigenvalue weighted by Crippen LogP contribution is 2.31. The summed E-state index contributed by atoms with van der Waals surface area (Å²) in [5, 5.41) is 1.63. The molecule has 2 aromatic rings. The predicted molar refractivity (Wildman–Crippen MR) is 98.0 cm³/mol. The molecule has 0 bridgehead atoms. The third kappa shape index (κ3) is 4.02. The van der Waals surface area contributed by atoms with Crippen LogP contribution in [0.25, 0.3) is 0 Å². The number of halogens is 1. The smallest absolute Gasteiger partial charge is 0.348 e. The van der Waals surface area contributed by atoms with Gasteiger partial charge in [-0.3, -0.25) is 4.57 Å². The highest BCUT2D eigenvalue weighted by molar-refractivity contribution is 7.98. The molecule has 0 unspecified atom stereocenters. The molecule has 1 aliphatic carbocycles. The zero-order valence-corrected chi connectivity index (χ0v) is 15.3. The fourth-order valence-corrected chi connectivity index (χ4v) is 4.19. The maximum absolute atomic E-state index is 12.4. The van der Waals surface area contributed by atoms with E-state index in [0.717, 1.165) is 41.5 Å². The average molecular weight is 365 g/mol. The fraction of sp³-hybridized carbons (Fsp3) is 0.444. The Bertz CT molecular complexity index is 759. The van der Waals surface area contributed by atoms with E-state index in [4.69, 9.17) is 16.3 Å². The minimum Gasteiger partial charge on any atom is -0.385 e. The predicted octanol–water partition coefficient (Wildman–Crippen LogP) is 3.71. The van der Waals surface area contributed by atoms with Crippen molar-refractivity contribution >= 4 is 23.4 Å². The van der Waals surface area contributed by atoms with Crippen molar-refractivity contribution in [1.29, 1.82) is 0 Å². The third-order valence-electron chi connectivity index (χ3n) is 4.22. The van der Waals surface area contributed by atoms with Crippen LogP contribution >= 0.6 is 23.4 Å². The second-order valence-corrected chi connectivity index (χ2v) is 7.29. The van der Waals surface area contributed by atoms with Gasteiger partial charge in [0.2, 0.25) is 0 Å². The standard InChI is InChI=1S/C18H21ClN2O2S/c1-23-11-3-10-21-16-5-2-4-15(16)17(20-18(21)22)24-12-13-6-8-14(19)9-7-13/h6-9H,2-5,10-12H2,1H3. The number of rotatable bonds is 7. The maximum atomic E-state index is 12.4. The number of hydrogen-bond donors (Lipinski definition) is 0. The van der Waals surface area contributed by atoms with E-state index in [1.54, 1.807) is 18.9 Å². The minimum absolute atomic E-state index is 0.134. The van der Waals surface area contributed by atoms with Gasteiger partial charge in [-0.05, 0) is 43.4 Å². The minimum atomic E-state index is -0.134. The summed E-state index contributed by atoms with van der Waals surface area (Å²) in [7, 11) is 1.68. The topological polar surface area (TPSA) is 44.1 Å². The number of ether oxygens (including phenoxy) is 1. The van der Waals surface area contributed by atoms with Crippen LogP contribution in [-0.4, -0.2) is 23.3 Å². The third-order valence-corrected chi connectivity index (χ3v) is 5.56. The number of thioether (sulfide) groups is 1. The second-order valence-electron chi connectivity index (χ2n) is 5.89. The van der Waals surface area contributed by atoms with Gasteiger partial charge in [-0.1, -0.05) is 23.7 Å². The summed E-state index contributed by atoms with van der Waals surface area (Å²) in [5.74, 6) is 0.795. The summed E-state index contributed by atoms with van der Waals surface area (Å²) in [6, 6.07) is 7.81. The van der Waals surface area contributed by atoms with E-state index < -0.39 is 0 Å². The number of aromatic nitrogens is 2. The van der Waals surface area contributed by atoms with Gasteiger partial charge in [0.25, 0.3) is 0 Å². The van der Waals surface area contributed by atoms with Crippen LogP contribution in [0.15, 0.2) is 34.1 Å². The Labute approximate surface area is 151 Å². The highest BCUT2D eigenvalue weighted by atomic mass is 35.5. The first kappa shape index (κ1) is 17.5. The van der Waals surface area contributed by atoms with Gasteiger partial charge in [0.05, 0.1) is 0 Å². The molecule has 1 aromatic carbocycles. The van der Waals surface area contributed by atoms with E-state index in [9.17, 15) is 4.79 Å². The molecular formula is C18H21ClN2O2S. The summed E-state index contributed by atoms with van der Waals surface area (Å²) >= 11 is 7.57. The highest BCUT2D eigenvalue weighted by Gasteiger charge is 2.21. The molecule has 4 nitrogen and oxygen atoms in total. The van der Waals surface area contributed by atoms with Crippen LogP contribution in [0.5, 0.6) is 0 Å². The summed E-state index contributed by atoms with van der Waals surface area (Å²) < 4.78 is 6.93. The number of benzene rings is 1. The van der Waals surface area contributed by atoms with Crippen LogP contribution in [0, 0.1) is 0 Å². The van der Waals surface area contributed by atoms with E-state index in [1.165, 1.54) is 16.8 Å². The van der Waals surface area contributed by atoms with Gasteiger partial charge >= 0.3 is 5.69 Å². The molecule has 1 aromatic heterocycles. The summed E-state index contributed by atoms with van der Waals surface area (Å²) in [6.07, 6.45) is 3.91. The molecule has 0 radical (unpaired) electrons. The number of nitrogens with zero attached hydrogens (tertiary/aromatic N) is 2. The van der Waals surface area contributed by atoms with E-state index in [0.29, 0.717) is 13.2 Å². The molecule has 0 amide bonds. The molecule has 1 heterocycles. The van der Waals surface area contributed by atoms with Crippen molar-refractivity contribution in [3.05, 3.63) is 56.6 Å². The first-order valence-corrected chi connectivity index (χ1v) is 9.54. The zero-order valence-electron chi connectivity index (χ0n) is 13.8. The molecule has 0 saturated heterocycles. The molecule has 0 N–H and O–H groups in total. The van der Waals surface area contributed by atoms with Crippen molar-refractivity contribution in [3.63, 3.8) is 0 Å². The number of hydrogen-bond acceptors (Lipinski definition) is 4. The lowest BCUT2D eigenvalue weighted by atomic mass is 10.2. The van der Waals surface area contributed by atoms with Crippen LogP contribution in [0.2, 0.25) is 5.02 Å². The Morgan fingerprint density at radius 2 is 2.08 bits per heavy atom. The van der Waals surface area contributed by atoms with Crippen LogP contribution in [0.4, 0.5) is 0 Å². The van der Waals surface area contributed by atoms with Crippen molar-refractivity contribution in [1.82, 2.24) is 9.55 Å². The number of methoxy groups -OCH3 is 1. The van der Waals surface area contributed by atoms with Crippen molar-refractivity contribution in [3.8, 4) is 0 Å². The summed E-state index contributed by atoms with van der Waals surface area (Å²) in [5.41, 5.74) is 3.48. The van der Waals surface area contributed by atoms with E-state index in [-0.39, 0.29) is 5.69 Å². The fourth-order valence-electron chi connectivity index (χ4n) is 3.04. The molecule has 0 atom stereocenters. The molecular weight excluding hydrogens is 344 g/mol. The van der Waals surface area contributed by atoms with E-state index in [1.807, 2.05) is 28.8 Å². The molecule has 3 rings (SSSR count). The van der Waals surface area contributed by atoms with Gasteiger partial charge in [-0.15, -0.1) is 11.8 Å². The van der Waals surface area contributed by atoms with Crippen molar-refractivity contribution in [2.75, 3.05) is 13.7 Å². The number of fused-ring (bicyclic) bond motifs is 1. The lowest BCUT2D eigenvalue weighted by Gasteiger charge is -2.14. The van der Waals surface area contributed by atoms with Gasteiger partial charge < -0.3 is 4.74 Å². The molecule has 128 valence electrons. The SMILES string of the molecule is COCCCn1c2c(c(SCc3ccc(Cl)cc3)nc1=O)CCC2. The van der Waals surface area contributed by atoms with E-state index >= 15 is 0 Å². The van der Waals surface area contributed by atoms with Crippen LogP contribution in [0.3, 0.4) is 0 Å². The maximum Gasteiger partial charge on any atom is 0.348 e. The van der Waals surface area contributed by atoms with Crippen LogP contribution in [0.1, 0.15) is 29.7 Å². The summed E-state index contributed by atoms with van der Waals surface area (Å²) in [6.45, 7) is 1.35. The van der Waals surface area contributed by atoms with Gasteiger partial charge in [0.15, 0.2) is 0 Å². The summed E-state index contributed by atoms with van der Waals surface area (Å²) in [4.78, 5) is 16.8. The quantitative estimate of drug-likeness (QED) is 0.426.